The van der Waals surface area contributed by atoms with Gasteiger partial charge in [0.25, 0.3) is 0 Å². The van der Waals surface area contributed by atoms with Crippen molar-refractivity contribution < 1.29 is 9.15 Å². The van der Waals surface area contributed by atoms with E-state index >= 15 is 0 Å². The maximum absolute atomic E-state index is 6.90. The monoisotopic (exact) mass is 791 g/mol. The van der Waals surface area contributed by atoms with E-state index in [1.807, 2.05) is 6.07 Å². The molecule has 1 spiro atoms. The Kier molecular flexibility index (Phi) is 7.52. The average Bonchev–Trinajstić information content (AvgIpc) is 3.87. The van der Waals surface area contributed by atoms with Crippen molar-refractivity contribution in [3.63, 3.8) is 0 Å². The number of rotatable bonds is 5. The van der Waals surface area contributed by atoms with Gasteiger partial charge < -0.3 is 14.1 Å². The van der Waals surface area contributed by atoms with Gasteiger partial charge in [0.2, 0.25) is 0 Å². The summed E-state index contributed by atoms with van der Waals surface area (Å²) in [5.41, 5.74) is 16.2. The Hall–Kier alpha value is -8.14. The molecule has 2 aliphatic rings. The number of ether oxygens (including phenoxy) is 1. The lowest BCUT2D eigenvalue weighted by Gasteiger charge is -2.40. The van der Waals surface area contributed by atoms with Gasteiger partial charge in [-0.05, 0) is 86.8 Å². The Morgan fingerprint density at radius 3 is 1.92 bits per heavy atom. The van der Waals surface area contributed by atoms with Crippen LogP contribution >= 0.6 is 0 Å². The highest BCUT2D eigenvalue weighted by atomic mass is 16.5. The van der Waals surface area contributed by atoms with Crippen LogP contribution in [0, 0.1) is 0 Å². The van der Waals surface area contributed by atoms with Gasteiger partial charge in [-0.2, -0.15) is 0 Å². The number of hydrogen-bond acceptors (Lipinski definition) is 3. The fourth-order valence-corrected chi connectivity index (χ4v) is 10.5. The Balaban J connectivity index is 1.000. The lowest BCUT2D eigenvalue weighted by atomic mass is 9.65. The van der Waals surface area contributed by atoms with Crippen molar-refractivity contribution in [1.29, 1.82) is 0 Å². The normalized spacial score (nSPS) is 14.6. The molecule has 0 bridgehead atoms. The minimum Gasteiger partial charge on any atom is -0.456 e. The quantitative estimate of drug-likeness (QED) is 0.174. The Morgan fingerprint density at radius 2 is 1.03 bits per heavy atom. The number of para-hydroxylation sites is 4. The molecule has 1 aliphatic carbocycles. The van der Waals surface area contributed by atoms with E-state index in [9.17, 15) is 0 Å². The highest BCUT2D eigenvalue weighted by Gasteiger charge is 2.51. The molecule has 0 saturated carbocycles. The van der Waals surface area contributed by atoms with Gasteiger partial charge in [-0.15, -0.1) is 0 Å². The Labute approximate surface area is 359 Å². The van der Waals surface area contributed by atoms with Crippen molar-refractivity contribution in [3.05, 3.63) is 247 Å². The van der Waals surface area contributed by atoms with Crippen LogP contribution in [0.4, 0.5) is 17.1 Å². The van der Waals surface area contributed by atoms with E-state index in [1.165, 1.54) is 27.8 Å². The van der Waals surface area contributed by atoms with Gasteiger partial charge in [-0.25, -0.2) is 0 Å². The minimum absolute atomic E-state index is 0.570. The lowest BCUT2D eigenvalue weighted by molar-refractivity contribution is 0.442. The Bertz CT molecular complexity index is 3570. The smallest absolute Gasteiger partial charge is 0.159 e. The van der Waals surface area contributed by atoms with E-state index in [0.29, 0.717) is 0 Å². The molecule has 1 unspecified atom stereocenters. The van der Waals surface area contributed by atoms with E-state index in [-0.39, 0.29) is 0 Å². The van der Waals surface area contributed by atoms with Crippen molar-refractivity contribution in [2.24, 2.45) is 0 Å². The Morgan fingerprint density at radius 1 is 0.371 bits per heavy atom. The van der Waals surface area contributed by atoms with Gasteiger partial charge in [0.05, 0.1) is 16.8 Å². The van der Waals surface area contributed by atoms with Gasteiger partial charge in [-0.1, -0.05) is 182 Å². The number of fused-ring (bicyclic) bond motifs is 14. The molecule has 0 N–H and O–H groups in total. The number of benzene rings is 10. The zero-order valence-corrected chi connectivity index (χ0v) is 33.6. The zero-order valence-electron chi connectivity index (χ0n) is 33.6. The van der Waals surface area contributed by atoms with Crippen LogP contribution in [0.15, 0.2) is 229 Å². The maximum atomic E-state index is 6.90. The minimum atomic E-state index is -0.570. The summed E-state index contributed by atoms with van der Waals surface area (Å²) >= 11 is 0. The molecule has 0 amide bonds. The van der Waals surface area contributed by atoms with Gasteiger partial charge in [0, 0.05) is 38.5 Å². The molecule has 1 aromatic heterocycles. The molecular formula is C59H37NO2. The van der Waals surface area contributed by atoms with E-state index < -0.39 is 5.41 Å². The SMILES string of the molecule is c1ccc(-c2ccccc2N(c2ccc(-c3ccc4c(c3)C3(c5ccccc5Oc5c3ccc3ccccc53)c3ccccc3-4)cc2)c2cccc3c2oc2ccccc23)cc1. The number of anilines is 3. The molecule has 62 heavy (non-hydrogen) atoms. The first-order valence-corrected chi connectivity index (χ1v) is 21.2. The topological polar surface area (TPSA) is 25.6 Å². The highest BCUT2D eigenvalue weighted by Crippen LogP contribution is 2.63. The average molecular weight is 792 g/mol. The van der Waals surface area contributed by atoms with E-state index in [0.717, 1.165) is 89.1 Å². The summed E-state index contributed by atoms with van der Waals surface area (Å²) < 4.78 is 13.6. The second-order valence-corrected chi connectivity index (χ2v) is 16.3. The fourth-order valence-electron chi connectivity index (χ4n) is 10.5. The highest BCUT2D eigenvalue weighted by molar-refractivity contribution is 6.11. The predicted octanol–water partition coefficient (Wildman–Crippen LogP) is 16.0. The summed E-state index contributed by atoms with van der Waals surface area (Å²) in [6.45, 7) is 0. The first-order chi connectivity index (χ1) is 30.8. The third kappa shape index (κ3) is 4.94. The summed E-state index contributed by atoms with van der Waals surface area (Å²) in [7, 11) is 0. The third-order valence-electron chi connectivity index (χ3n) is 13.1. The van der Waals surface area contributed by atoms with E-state index in [2.05, 4.69) is 223 Å². The van der Waals surface area contributed by atoms with Gasteiger partial charge >= 0.3 is 0 Å². The van der Waals surface area contributed by atoms with Crippen molar-refractivity contribution in [2.75, 3.05) is 4.90 Å². The summed E-state index contributed by atoms with van der Waals surface area (Å²) in [6.07, 6.45) is 0. The third-order valence-corrected chi connectivity index (χ3v) is 13.1. The summed E-state index contributed by atoms with van der Waals surface area (Å²) in [5, 5.41) is 4.48. The molecule has 0 fully saturated rings. The van der Waals surface area contributed by atoms with Crippen LogP contribution < -0.4 is 9.64 Å². The molecule has 3 nitrogen and oxygen atoms in total. The molecule has 1 aliphatic heterocycles. The number of hydrogen-bond donors (Lipinski definition) is 0. The van der Waals surface area contributed by atoms with Gasteiger partial charge in [-0.3, -0.25) is 0 Å². The van der Waals surface area contributed by atoms with Crippen LogP contribution in [-0.2, 0) is 5.41 Å². The molecule has 290 valence electrons. The van der Waals surface area contributed by atoms with Crippen molar-refractivity contribution in [3.8, 4) is 44.9 Å². The number of nitrogens with zero attached hydrogens (tertiary/aromatic N) is 1. The molecule has 1 atom stereocenters. The summed E-state index contributed by atoms with van der Waals surface area (Å²) in [4.78, 5) is 2.35. The van der Waals surface area contributed by atoms with E-state index in [4.69, 9.17) is 9.15 Å². The van der Waals surface area contributed by atoms with Gasteiger partial charge in [0.15, 0.2) is 5.58 Å². The predicted molar refractivity (Wildman–Crippen MR) is 254 cm³/mol. The van der Waals surface area contributed by atoms with Crippen molar-refractivity contribution >= 4 is 49.8 Å². The van der Waals surface area contributed by atoms with Crippen molar-refractivity contribution in [2.45, 2.75) is 5.41 Å². The first kappa shape index (κ1) is 34.7. The largest absolute Gasteiger partial charge is 0.456 e. The van der Waals surface area contributed by atoms with Crippen LogP contribution in [0.5, 0.6) is 11.5 Å². The molecule has 10 aromatic carbocycles. The molecule has 3 heteroatoms. The van der Waals surface area contributed by atoms with E-state index in [1.54, 1.807) is 0 Å². The van der Waals surface area contributed by atoms with Crippen LogP contribution in [-0.4, -0.2) is 0 Å². The molecule has 0 radical (unpaired) electrons. The van der Waals surface area contributed by atoms with Crippen LogP contribution in [0.2, 0.25) is 0 Å². The number of furan rings is 1. The van der Waals surface area contributed by atoms with Crippen molar-refractivity contribution in [1.82, 2.24) is 0 Å². The molecule has 0 saturated heterocycles. The van der Waals surface area contributed by atoms with Crippen LogP contribution in [0.25, 0.3) is 66.1 Å². The standard InChI is InChI=1S/C59H37NO2/c1-2-15-39(16-3-1)43-18-7-11-25-53(43)60(54-26-14-22-48-47-21-8-12-27-55(47)61-58(48)54)42-33-29-38(30-34-42)41-31-35-46-45-20-6-9-23-49(45)59(52(46)37-41)50-24-10-13-28-56(50)62-57-44-19-5-4-17-40(44)32-36-51(57)59/h1-37H. The molecular weight excluding hydrogens is 755 g/mol. The summed E-state index contributed by atoms with van der Waals surface area (Å²) in [5.74, 6) is 1.82. The van der Waals surface area contributed by atoms with Crippen LogP contribution in [0.1, 0.15) is 22.3 Å². The molecule has 2 heterocycles. The second kappa shape index (κ2) is 13.4. The fraction of sp³-hybridized carbons (Fsp3) is 0.0169. The molecule has 13 rings (SSSR count). The van der Waals surface area contributed by atoms with Gasteiger partial charge in [0.1, 0.15) is 17.1 Å². The lowest BCUT2D eigenvalue weighted by Crippen LogP contribution is -2.32. The zero-order chi connectivity index (χ0) is 40.8. The maximum Gasteiger partial charge on any atom is 0.159 e. The first-order valence-electron chi connectivity index (χ1n) is 21.2. The molecule has 11 aromatic rings. The van der Waals surface area contributed by atoms with Crippen LogP contribution in [0.3, 0.4) is 0 Å². The summed E-state index contributed by atoms with van der Waals surface area (Å²) in [6, 6.07) is 80.8. The second-order valence-electron chi connectivity index (χ2n) is 16.3.